The minimum Gasteiger partial charge on any atom is -0.295 e. The molecule has 0 aromatic rings. The summed E-state index contributed by atoms with van der Waals surface area (Å²) in [6.45, 7) is 22.7. The van der Waals surface area contributed by atoms with Gasteiger partial charge in [-0.15, -0.1) is 0 Å². The van der Waals surface area contributed by atoms with Crippen LogP contribution in [0.25, 0.3) is 0 Å². The number of hydrogen-bond acceptors (Lipinski definition) is 5. The molecule has 3 aliphatic rings. The molecule has 3 aliphatic carbocycles. The molecule has 0 aliphatic heterocycles. The molecule has 7 heteroatoms. The van der Waals surface area contributed by atoms with Gasteiger partial charge in [-0.05, 0) is 91.4 Å². The van der Waals surface area contributed by atoms with E-state index in [-0.39, 0.29) is 56.5 Å². The average molecular weight is 594 g/mol. The maximum atomic E-state index is 13.3. The van der Waals surface area contributed by atoms with Crippen molar-refractivity contribution in [3.8, 4) is 6.07 Å². The van der Waals surface area contributed by atoms with Gasteiger partial charge in [-0.25, -0.2) is 0 Å². The Labute approximate surface area is 259 Å². The molecule has 0 aromatic heterocycles. The van der Waals surface area contributed by atoms with Crippen LogP contribution in [-0.2, 0) is 19.2 Å². The van der Waals surface area contributed by atoms with Crippen LogP contribution in [0.5, 0.6) is 0 Å². The number of amides is 2. The molecule has 0 radical (unpaired) electrons. The Balaban J connectivity index is 2.04. The number of allylic oxidation sites excluding steroid dienone is 4. The number of nitrogens with zero attached hydrogens (tertiary/aromatic N) is 1. The summed E-state index contributed by atoms with van der Waals surface area (Å²) in [7, 11) is 0. The maximum absolute atomic E-state index is 13.3. The van der Waals surface area contributed by atoms with Crippen molar-refractivity contribution in [2.45, 2.75) is 128 Å². The van der Waals surface area contributed by atoms with E-state index in [0.717, 1.165) is 50.5 Å². The van der Waals surface area contributed by atoms with E-state index in [0.29, 0.717) is 12.3 Å². The zero-order chi connectivity index (χ0) is 32.8. The molecule has 2 N–H and O–H groups in total. The van der Waals surface area contributed by atoms with E-state index in [4.69, 9.17) is 0 Å². The lowest BCUT2D eigenvalue weighted by Crippen LogP contribution is -2.56. The fraction of sp³-hybridized carbons (Fsp3) is 0.750. The molecule has 43 heavy (non-hydrogen) atoms. The molecule has 0 bridgehead atoms. The van der Waals surface area contributed by atoms with Crippen LogP contribution in [0, 0.1) is 55.7 Å². The second kappa shape index (κ2) is 11.6. The minimum absolute atomic E-state index is 0.0245. The van der Waals surface area contributed by atoms with Crippen molar-refractivity contribution in [2.24, 2.45) is 44.3 Å². The van der Waals surface area contributed by atoms with Crippen LogP contribution in [0.2, 0.25) is 0 Å². The fourth-order valence-corrected chi connectivity index (χ4v) is 9.18. The number of carbonyl (C=O) groups is 4. The van der Waals surface area contributed by atoms with Gasteiger partial charge < -0.3 is 0 Å². The molecule has 7 nitrogen and oxygen atoms in total. The molecule has 0 unspecified atom stereocenters. The van der Waals surface area contributed by atoms with Crippen LogP contribution in [-0.4, -0.2) is 23.4 Å². The lowest BCUT2D eigenvalue weighted by Gasteiger charge is -2.61. The van der Waals surface area contributed by atoms with Crippen LogP contribution in [0.15, 0.2) is 23.3 Å². The first-order valence-corrected chi connectivity index (χ1v) is 16.0. The molecular weight excluding hydrogens is 538 g/mol. The number of fused-ring (bicyclic) bond motifs is 1. The largest absolute Gasteiger partial charge is 0.295 e. The third-order valence-corrected chi connectivity index (χ3v) is 12.3. The van der Waals surface area contributed by atoms with E-state index in [1.165, 1.54) is 6.92 Å². The molecular formula is C36H55N3O4. The van der Waals surface area contributed by atoms with E-state index in [2.05, 4.69) is 65.4 Å². The number of ketones is 2. The van der Waals surface area contributed by atoms with E-state index < -0.39 is 10.8 Å². The number of nitrogens with one attached hydrogen (secondary N) is 2. The standard InChI is InChI=1S/C36H55N3O4/c1-23-19-31(4,5)14-16-36(23,21-29(42)39-38-25(3)41)17-15-32(6,7)35(11)13-12-27-33(8,9)30(43)26(22-37)20-34(27,10)28(35)18-24(2)40/h18,20,23,27H,12-17,19,21H2,1-11H3,(H,38,41)(H,39,42)/b28-18-/t23-,27-,34-,35+,36+/m0/s1. The van der Waals surface area contributed by atoms with Gasteiger partial charge in [0.2, 0.25) is 11.8 Å². The smallest absolute Gasteiger partial charge is 0.238 e. The van der Waals surface area contributed by atoms with Crippen molar-refractivity contribution in [1.82, 2.24) is 10.9 Å². The lowest BCUT2D eigenvalue weighted by molar-refractivity contribution is -0.132. The van der Waals surface area contributed by atoms with Crippen molar-refractivity contribution in [3.63, 3.8) is 0 Å². The Morgan fingerprint density at radius 3 is 2.21 bits per heavy atom. The Bertz CT molecular complexity index is 1280. The summed E-state index contributed by atoms with van der Waals surface area (Å²) in [5.41, 5.74) is 4.27. The van der Waals surface area contributed by atoms with Gasteiger partial charge in [-0.2, -0.15) is 5.26 Å². The summed E-state index contributed by atoms with van der Waals surface area (Å²) < 4.78 is 0. The van der Waals surface area contributed by atoms with Gasteiger partial charge in [0.05, 0.1) is 5.57 Å². The molecule has 0 spiro atoms. The third kappa shape index (κ3) is 6.40. The van der Waals surface area contributed by atoms with Crippen molar-refractivity contribution < 1.29 is 19.2 Å². The average Bonchev–Trinajstić information content (AvgIpc) is 2.88. The summed E-state index contributed by atoms with van der Waals surface area (Å²) in [5, 5.41) is 9.93. The Morgan fingerprint density at radius 1 is 1.05 bits per heavy atom. The monoisotopic (exact) mass is 593 g/mol. The van der Waals surface area contributed by atoms with Crippen LogP contribution in [0.4, 0.5) is 0 Å². The first kappa shape index (κ1) is 34.7. The number of nitriles is 1. The second-order valence-electron chi connectivity index (χ2n) is 16.5. The van der Waals surface area contributed by atoms with Crippen molar-refractivity contribution in [2.75, 3.05) is 0 Å². The van der Waals surface area contributed by atoms with Gasteiger partial charge in [0.25, 0.3) is 0 Å². The highest BCUT2D eigenvalue weighted by atomic mass is 16.2. The molecule has 2 saturated carbocycles. The third-order valence-electron chi connectivity index (χ3n) is 12.3. The number of hydrazine groups is 1. The van der Waals surface area contributed by atoms with Gasteiger partial charge in [-0.1, -0.05) is 74.0 Å². The summed E-state index contributed by atoms with van der Waals surface area (Å²) in [6.07, 6.45) is 10.3. The Hall–Kier alpha value is -2.75. The number of carbonyl (C=O) groups excluding carboxylic acids is 4. The maximum Gasteiger partial charge on any atom is 0.238 e. The van der Waals surface area contributed by atoms with E-state index >= 15 is 0 Å². The van der Waals surface area contributed by atoms with Crippen molar-refractivity contribution in [3.05, 3.63) is 23.3 Å². The van der Waals surface area contributed by atoms with Crippen LogP contribution in [0.1, 0.15) is 128 Å². The SMILES string of the molecule is CC(=O)/C=C1/[C@@]2(C)C=C(C#N)C(=O)C(C)(C)[C@@H]2CC[C@@]1(C)C(C)(C)CC[C@@]1(CC(=O)NNC(C)=O)CCC(C)(C)C[C@@H]1C. The lowest BCUT2D eigenvalue weighted by atomic mass is 9.42. The predicted molar refractivity (Wildman–Crippen MR) is 169 cm³/mol. The van der Waals surface area contributed by atoms with E-state index in [1.54, 1.807) is 13.0 Å². The van der Waals surface area contributed by atoms with Gasteiger partial charge >= 0.3 is 0 Å². The van der Waals surface area contributed by atoms with E-state index in [1.807, 2.05) is 19.9 Å². The molecule has 2 amide bonds. The number of Topliss-reactive ketones (excluding diaryl/α,β-unsaturated/α-hetero) is 1. The molecule has 0 heterocycles. The highest BCUT2D eigenvalue weighted by molar-refractivity contribution is 6.04. The van der Waals surface area contributed by atoms with Gasteiger partial charge in [0.1, 0.15) is 6.07 Å². The van der Waals surface area contributed by atoms with Crippen LogP contribution >= 0.6 is 0 Å². The molecule has 0 aromatic carbocycles. The second-order valence-corrected chi connectivity index (χ2v) is 16.5. The number of hydrogen-bond donors (Lipinski definition) is 2. The highest BCUT2D eigenvalue weighted by Crippen LogP contribution is 2.67. The topological polar surface area (TPSA) is 116 Å². The number of rotatable bonds is 7. The molecule has 238 valence electrons. The van der Waals surface area contributed by atoms with Gasteiger partial charge in [0, 0.05) is 24.2 Å². The molecule has 5 atom stereocenters. The first-order valence-electron chi connectivity index (χ1n) is 16.0. The first-order chi connectivity index (χ1) is 19.6. The fourth-order valence-electron chi connectivity index (χ4n) is 9.18. The van der Waals surface area contributed by atoms with Crippen LogP contribution in [0.3, 0.4) is 0 Å². The summed E-state index contributed by atoms with van der Waals surface area (Å²) >= 11 is 0. The minimum atomic E-state index is -0.717. The normalized spacial score (nSPS) is 34.4. The van der Waals surface area contributed by atoms with Crippen molar-refractivity contribution in [1.29, 1.82) is 5.26 Å². The van der Waals surface area contributed by atoms with Gasteiger partial charge in [0.15, 0.2) is 11.6 Å². The zero-order valence-electron chi connectivity index (χ0n) is 28.5. The summed E-state index contributed by atoms with van der Waals surface area (Å²) in [4.78, 5) is 50.7. The molecule has 3 rings (SSSR count). The molecule has 0 saturated heterocycles. The quantitative estimate of drug-likeness (QED) is 0.240. The molecule has 2 fully saturated rings. The summed E-state index contributed by atoms with van der Waals surface area (Å²) in [6, 6.07) is 2.16. The Morgan fingerprint density at radius 2 is 1.67 bits per heavy atom. The van der Waals surface area contributed by atoms with Crippen molar-refractivity contribution >= 4 is 23.4 Å². The zero-order valence-corrected chi connectivity index (χ0v) is 28.5. The van der Waals surface area contributed by atoms with Gasteiger partial charge in [-0.3, -0.25) is 30.0 Å². The van der Waals surface area contributed by atoms with E-state index in [9.17, 15) is 24.4 Å². The van der Waals surface area contributed by atoms with Crippen LogP contribution < -0.4 is 10.9 Å². The Kier molecular flexibility index (Phi) is 9.40. The highest BCUT2D eigenvalue weighted by Gasteiger charge is 2.61. The summed E-state index contributed by atoms with van der Waals surface area (Å²) in [5.74, 6) is -0.326. The predicted octanol–water partition coefficient (Wildman–Crippen LogP) is 7.18.